The predicted molar refractivity (Wildman–Crippen MR) is 129 cm³/mol. The normalized spacial score (nSPS) is 28.7. The highest BCUT2D eigenvalue weighted by atomic mass is 35.5. The molecule has 0 bridgehead atoms. The number of halogens is 1. The third-order valence-electron chi connectivity index (χ3n) is 7.12. The molecule has 1 saturated heterocycles. The molecule has 3 fully saturated rings. The maximum absolute atomic E-state index is 13.0. The van der Waals surface area contributed by atoms with Crippen LogP contribution in [-0.4, -0.2) is 83.3 Å². The van der Waals surface area contributed by atoms with E-state index in [1.54, 1.807) is 0 Å². The van der Waals surface area contributed by atoms with Gasteiger partial charge in [0.2, 0.25) is 5.28 Å². The van der Waals surface area contributed by atoms with Gasteiger partial charge in [0.05, 0.1) is 17.3 Å². The molecule has 2 saturated carbocycles. The quantitative estimate of drug-likeness (QED) is 0.215. The number of hydrogen-bond donors (Lipinski definition) is 5. The largest absolute Gasteiger partial charge is 0.387 e. The van der Waals surface area contributed by atoms with Crippen LogP contribution >= 0.6 is 19.2 Å². The van der Waals surface area contributed by atoms with E-state index in [-0.39, 0.29) is 29.3 Å². The van der Waals surface area contributed by atoms with Crippen molar-refractivity contribution in [3.05, 3.63) is 11.5 Å². The maximum atomic E-state index is 13.0. The van der Waals surface area contributed by atoms with Crippen molar-refractivity contribution < 1.29 is 37.7 Å². The van der Waals surface area contributed by atoms with E-state index < -0.39 is 52.7 Å². The first kappa shape index (κ1) is 26.2. The molecule has 36 heavy (non-hydrogen) atoms. The molecule has 1 unspecified atom stereocenters. The van der Waals surface area contributed by atoms with Crippen LogP contribution in [0.2, 0.25) is 5.28 Å². The monoisotopic (exact) mass is 565 g/mol. The van der Waals surface area contributed by atoms with Crippen LogP contribution in [-0.2, 0) is 19.1 Å². The summed E-state index contributed by atoms with van der Waals surface area (Å²) in [6.07, 6.45) is 0.955. The molecule has 5 atom stereocenters. The summed E-state index contributed by atoms with van der Waals surface area (Å²) >= 11 is 6.14. The van der Waals surface area contributed by atoms with Gasteiger partial charge in [-0.3, -0.25) is 4.57 Å². The van der Waals surface area contributed by atoms with Gasteiger partial charge in [-0.1, -0.05) is 25.7 Å². The third-order valence-corrected chi connectivity index (χ3v) is 11.9. The fourth-order valence-electron chi connectivity index (χ4n) is 5.00. The number of ether oxygens (including phenoxy) is 1. The smallest absolute Gasteiger partial charge is 0.343 e. The molecule has 3 aliphatic rings. The fourth-order valence-corrected chi connectivity index (χ4v) is 9.19. The Hall–Kier alpha value is -1.38. The second-order valence-electron chi connectivity index (χ2n) is 9.89. The van der Waals surface area contributed by atoms with Crippen LogP contribution < -0.4 is 5.32 Å². The first-order valence-corrected chi connectivity index (χ1v) is 15.7. The minimum Gasteiger partial charge on any atom is -0.387 e. The first-order chi connectivity index (χ1) is 16.9. The van der Waals surface area contributed by atoms with Crippen molar-refractivity contribution in [1.29, 1.82) is 0 Å². The molecule has 5 rings (SSSR count). The maximum Gasteiger partial charge on any atom is 0.343 e. The molecule has 2 aromatic heterocycles. The van der Waals surface area contributed by atoms with E-state index in [1.165, 1.54) is 10.9 Å². The summed E-state index contributed by atoms with van der Waals surface area (Å²) in [5.41, 5.74) is 0.220. The molecular formula is C20H29ClN5O8PS. The topological polar surface area (TPSA) is 197 Å². The first-order valence-electron chi connectivity index (χ1n) is 11.9. The second kappa shape index (κ2) is 9.73. The van der Waals surface area contributed by atoms with Crippen LogP contribution in [0.5, 0.6) is 0 Å². The predicted octanol–water partition coefficient (Wildman–Crippen LogP) is 1.17. The van der Waals surface area contributed by atoms with Gasteiger partial charge < -0.3 is 30.1 Å². The highest BCUT2D eigenvalue weighted by Gasteiger charge is 2.50. The highest BCUT2D eigenvalue weighted by Crippen LogP contribution is 2.51. The van der Waals surface area contributed by atoms with Gasteiger partial charge in [-0.2, -0.15) is 15.1 Å². The summed E-state index contributed by atoms with van der Waals surface area (Å²) in [6, 6.07) is 0.227. The minimum atomic E-state index is -4.97. The van der Waals surface area contributed by atoms with Gasteiger partial charge in [0.15, 0.2) is 26.7 Å². The Labute approximate surface area is 212 Å². The van der Waals surface area contributed by atoms with Crippen LogP contribution in [0.25, 0.3) is 11.0 Å². The van der Waals surface area contributed by atoms with Gasteiger partial charge in [-0.25, -0.2) is 13.1 Å². The lowest BCUT2D eigenvalue weighted by Crippen LogP contribution is -2.38. The zero-order chi connectivity index (χ0) is 25.8. The van der Waals surface area contributed by atoms with Gasteiger partial charge >= 0.3 is 7.60 Å². The van der Waals surface area contributed by atoms with Crippen LogP contribution in [0.15, 0.2) is 6.20 Å². The molecule has 2 aliphatic carbocycles. The van der Waals surface area contributed by atoms with E-state index in [9.17, 15) is 33.0 Å². The van der Waals surface area contributed by atoms with Crippen LogP contribution in [0.3, 0.4) is 0 Å². The van der Waals surface area contributed by atoms with E-state index in [0.29, 0.717) is 24.0 Å². The van der Waals surface area contributed by atoms with Crippen molar-refractivity contribution in [2.24, 2.45) is 5.92 Å². The van der Waals surface area contributed by atoms with Crippen LogP contribution in [0, 0.1) is 5.92 Å². The Balaban J connectivity index is 1.39. The molecule has 3 heterocycles. The Morgan fingerprint density at radius 3 is 2.50 bits per heavy atom. The van der Waals surface area contributed by atoms with Crippen molar-refractivity contribution in [2.75, 3.05) is 11.1 Å². The summed E-state index contributed by atoms with van der Waals surface area (Å²) in [5.74, 6) is -0.454. The molecule has 13 nitrogen and oxygen atoms in total. The number of sulfone groups is 1. The molecule has 5 N–H and O–H groups in total. The summed E-state index contributed by atoms with van der Waals surface area (Å²) in [7, 11) is -9.35. The molecule has 0 radical (unpaired) electrons. The average Bonchev–Trinajstić information content (AvgIpc) is 3.16. The lowest BCUT2D eigenvalue weighted by Gasteiger charge is -2.22. The lowest BCUT2D eigenvalue weighted by molar-refractivity contribution is -0.0365. The number of aromatic nitrogens is 4. The number of rotatable bonds is 9. The van der Waals surface area contributed by atoms with Crippen molar-refractivity contribution in [1.82, 2.24) is 19.7 Å². The highest BCUT2D eigenvalue weighted by molar-refractivity contribution is 7.98. The van der Waals surface area contributed by atoms with Crippen molar-refractivity contribution >= 4 is 45.9 Å². The van der Waals surface area contributed by atoms with E-state index >= 15 is 0 Å². The van der Waals surface area contributed by atoms with E-state index in [2.05, 4.69) is 20.4 Å². The van der Waals surface area contributed by atoms with E-state index in [0.717, 1.165) is 25.7 Å². The fraction of sp³-hybridized carbons (Fsp3) is 0.750. The van der Waals surface area contributed by atoms with Crippen molar-refractivity contribution in [3.63, 3.8) is 0 Å². The van der Waals surface area contributed by atoms with Crippen LogP contribution in [0.1, 0.15) is 51.2 Å². The number of anilines is 1. The molecule has 0 spiro atoms. The Morgan fingerprint density at radius 2 is 1.86 bits per heavy atom. The molecule has 2 aromatic rings. The minimum absolute atomic E-state index is 0.0583. The summed E-state index contributed by atoms with van der Waals surface area (Å²) < 4.78 is 44.8. The number of aliphatic hydroxyl groups excluding tert-OH is 2. The number of nitrogens with one attached hydrogen (secondary N) is 1. The Kier molecular flexibility index (Phi) is 7.09. The van der Waals surface area contributed by atoms with Gasteiger partial charge in [-0.15, -0.1) is 0 Å². The lowest BCUT2D eigenvalue weighted by atomic mass is 10.1. The number of fused-ring (bicyclic) bond motifs is 1. The standard InChI is InChI=1S/C20H29ClN5O8PS/c21-20-24-17(23-11-3-1-2-4-11)12-8-22-26(18(12)25-20)19-16(28)15(27)13(34-19)9-36(32,33)14(35(29,30)31)7-10-5-6-10/h8,10-11,13-16,19,27-28H,1-7,9H2,(H,23,24,25)(H2,29,30,31)/t13-,14?,15-,16-,19-/m1/s1. The van der Waals surface area contributed by atoms with Gasteiger partial charge in [0.25, 0.3) is 0 Å². The number of nitrogens with zero attached hydrogens (tertiary/aromatic N) is 4. The average molecular weight is 566 g/mol. The van der Waals surface area contributed by atoms with Gasteiger partial charge in [0.1, 0.15) is 24.1 Å². The van der Waals surface area contributed by atoms with Crippen LogP contribution in [0.4, 0.5) is 5.82 Å². The van der Waals surface area contributed by atoms with E-state index in [1.807, 2.05) is 0 Å². The zero-order valence-electron chi connectivity index (χ0n) is 19.2. The van der Waals surface area contributed by atoms with Gasteiger partial charge in [-0.05, 0) is 36.8 Å². The zero-order valence-corrected chi connectivity index (χ0v) is 21.7. The SMILES string of the molecule is O=P(O)(O)C(CC1CC1)S(=O)(=O)C[C@H]1O[C@@H](n2ncc3c(NC4CCCC4)nc(Cl)nc32)[C@H](O)[C@@H]1O. The summed E-state index contributed by atoms with van der Waals surface area (Å²) in [6.45, 7) is 0. The molecule has 200 valence electrons. The van der Waals surface area contributed by atoms with Crippen molar-refractivity contribution in [2.45, 2.75) is 80.5 Å². The molecule has 16 heteroatoms. The molecule has 1 aliphatic heterocycles. The Morgan fingerprint density at radius 1 is 1.17 bits per heavy atom. The molecule has 0 aromatic carbocycles. The van der Waals surface area contributed by atoms with Crippen molar-refractivity contribution in [3.8, 4) is 0 Å². The number of aliphatic hydroxyl groups is 2. The van der Waals surface area contributed by atoms with E-state index in [4.69, 9.17) is 16.3 Å². The summed E-state index contributed by atoms with van der Waals surface area (Å²) in [4.78, 5) is 25.9. The Bertz CT molecular complexity index is 1280. The molecule has 0 amide bonds. The second-order valence-corrected chi connectivity index (χ2v) is 14.6. The third kappa shape index (κ3) is 5.28. The summed E-state index contributed by atoms with van der Waals surface area (Å²) in [5, 5.41) is 29.3. The molecular weight excluding hydrogens is 537 g/mol. The number of hydrogen-bond acceptors (Lipinski definition) is 10. The van der Waals surface area contributed by atoms with Gasteiger partial charge in [0, 0.05) is 6.04 Å².